The van der Waals surface area contributed by atoms with Gasteiger partial charge in [0.15, 0.2) is 11.5 Å². The number of ether oxygens (including phenoxy) is 2. The van der Waals surface area contributed by atoms with E-state index in [1.165, 1.54) is 13.3 Å². The van der Waals surface area contributed by atoms with Crippen molar-refractivity contribution in [2.75, 3.05) is 7.11 Å². The minimum absolute atomic E-state index is 0.0216. The number of nitrogens with one attached hydrogen (secondary N) is 1. The zero-order valence-corrected chi connectivity index (χ0v) is 18.6. The van der Waals surface area contributed by atoms with Gasteiger partial charge in [-0.25, -0.2) is 10.2 Å². The number of benzene rings is 3. The van der Waals surface area contributed by atoms with Crippen LogP contribution < -0.4 is 14.9 Å². The molecule has 0 saturated carbocycles. The number of hydrogen-bond acceptors (Lipinski definition) is 5. The molecule has 164 valence electrons. The smallest absolute Gasteiger partial charge is 0.343 e. The normalized spacial score (nSPS) is 11.2. The van der Waals surface area contributed by atoms with Crippen molar-refractivity contribution < 1.29 is 19.1 Å². The summed E-state index contributed by atoms with van der Waals surface area (Å²) < 4.78 is 10.8. The van der Waals surface area contributed by atoms with Gasteiger partial charge in [-0.3, -0.25) is 4.79 Å². The monoisotopic (exact) mass is 430 g/mol. The Hall–Kier alpha value is -3.93. The van der Waals surface area contributed by atoms with Crippen molar-refractivity contribution in [2.45, 2.75) is 26.2 Å². The van der Waals surface area contributed by atoms with Crippen LogP contribution in [0.3, 0.4) is 0 Å². The van der Waals surface area contributed by atoms with Crippen LogP contribution >= 0.6 is 0 Å². The molecular weight excluding hydrogens is 404 g/mol. The molecule has 0 aliphatic heterocycles. The second-order valence-corrected chi connectivity index (χ2v) is 8.19. The van der Waals surface area contributed by atoms with Gasteiger partial charge in [0.25, 0.3) is 5.91 Å². The lowest BCUT2D eigenvalue weighted by Crippen LogP contribution is -2.18. The van der Waals surface area contributed by atoms with Gasteiger partial charge in [-0.2, -0.15) is 5.10 Å². The Morgan fingerprint density at radius 3 is 2.19 bits per heavy atom. The minimum atomic E-state index is -0.477. The van der Waals surface area contributed by atoms with E-state index < -0.39 is 5.97 Å². The van der Waals surface area contributed by atoms with E-state index in [1.807, 2.05) is 18.2 Å². The fraction of sp³-hybridized carbons (Fsp3) is 0.192. The number of carbonyl (C=O) groups is 2. The van der Waals surface area contributed by atoms with Gasteiger partial charge in [-0.05, 0) is 59.0 Å². The van der Waals surface area contributed by atoms with Crippen LogP contribution in [-0.2, 0) is 5.41 Å². The Morgan fingerprint density at radius 2 is 1.56 bits per heavy atom. The predicted molar refractivity (Wildman–Crippen MR) is 125 cm³/mol. The molecule has 0 fully saturated rings. The maximum Gasteiger partial charge on any atom is 0.343 e. The standard InChI is InChI=1S/C26H26N2O4/c1-26(2,3)21-13-11-19(12-14-21)24(29)28-27-17-18-10-15-22(23(16-18)31-4)32-25(30)20-8-6-5-7-9-20/h5-17H,1-4H3,(H,28,29)/b27-17-. The van der Waals surface area contributed by atoms with E-state index in [9.17, 15) is 9.59 Å². The number of esters is 1. The zero-order chi connectivity index (χ0) is 23.1. The fourth-order valence-corrected chi connectivity index (χ4v) is 2.93. The second kappa shape index (κ2) is 9.92. The van der Waals surface area contributed by atoms with E-state index in [-0.39, 0.29) is 11.3 Å². The molecule has 1 N–H and O–H groups in total. The molecule has 0 aromatic heterocycles. The molecule has 0 unspecified atom stereocenters. The predicted octanol–water partition coefficient (Wildman–Crippen LogP) is 4.98. The number of nitrogens with zero attached hydrogens (tertiary/aromatic N) is 1. The van der Waals surface area contributed by atoms with Crippen molar-refractivity contribution in [1.29, 1.82) is 0 Å². The highest BCUT2D eigenvalue weighted by Crippen LogP contribution is 2.28. The molecular formula is C26H26N2O4. The van der Waals surface area contributed by atoms with Crippen molar-refractivity contribution in [3.05, 3.63) is 95.1 Å². The fourth-order valence-electron chi connectivity index (χ4n) is 2.93. The van der Waals surface area contributed by atoms with Crippen LogP contribution in [0, 0.1) is 0 Å². The Balaban J connectivity index is 1.64. The first-order chi connectivity index (χ1) is 15.3. The summed E-state index contributed by atoms with van der Waals surface area (Å²) in [5.41, 5.74) is 5.33. The van der Waals surface area contributed by atoms with Crippen LogP contribution in [0.25, 0.3) is 0 Å². The first-order valence-electron chi connectivity index (χ1n) is 10.2. The van der Waals surface area contributed by atoms with Gasteiger partial charge in [0.05, 0.1) is 18.9 Å². The molecule has 0 aliphatic rings. The van der Waals surface area contributed by atoms with Crippen molar-refractivity contribution in [1.82, 2.24) is 5.43 Å². The van der Waals surface area contributed by atoms with Crippen LogP contribution in [0.15, 0.2) is 77.9 Å². The molecule has 6 nitrogen and oxygen atoms in total. The Morgan fingerprint density at radius 1 is 0.875 bits per heavy atom. The summed E-state index contributed by atoms with van der Waals surface area (Å²) in [6, 6.07) is 21.2. The summed E-state index contributed by atoms with van der Waals surface area (Å²) in [5.74, 6) is -0.110. The first kappa shape index (κ1) is 22.7. The lowest BCUT2D eigenvalue weighted by Gasteiger charge is -2.18. The highest BCUT2D eigenvalue weighted by Gasteiger charge is 2.14. The number of hydrogen-bond donors (Lipinski definition) is 1. The third-order valence-corrected chi connectivity index (χ3v) is 4.79. The average molecular weight is 431 g/mol. The summed E-state index contributed by atoms with van der Waals surface area (Å²) in [6.07, 6.45) is 1.49. The molecule has 0 spiro atoms. The molecule has 0 heterocycles. The zero-order valence-electron chi connectivity index (χ0n) is 18.6. The maximum absolute atomic E-state index is 12.3. The van der Waals surface area contributed by atoms with E-state index >= 15 is 0 Å². The number of methoxy groups -OCH3 is 1. The Kier molecular flexibility index (Phi) is 7.05. The molecule has 0 bridgehead atoms. The third-order valence-electron chi connectivity index (χ3n) is 4.79. The van der Waals surface area contributed by atoms with Gasteiger partial charge in [0.2, 0.25) is 0 Å². The van der Waals surface area contributed by atoms with Gasteiger partial charge in [-0.15, -0.1) is 0 Å². The van der Waals surface area contributed by atoms with Crippen LogP contribution in [0.5, 0.6) is 11.5 Å². The molecule has 3 aromatic carbocycles. The average Bonchev–Trinajstić information content (AvgIpc) is 2.80. The molecule has 1 amide bonds. The van der Waals surface area contributed by atoms with Gasteiger partial charge < -0.3 is 9.47 Å². The van der Waals surface area contributed by atoms with Crippen LogP contribution in [0.2, 0.25) is 0 Å². The summed E-state index contributed by atoms with van der Waals surface area (Å²) >= 11 is 0. The highest BCUT2D eigenvalue weighted by molar-refractivity contribution is 5.95. The van der Waals surface area contributed by atoms with Gasteiger partial charge in [0, 0.05) is 5.56 Å². The second-order valence-electron chi connectivity index (χ2n) is 8.19. The van der Waals surface area contributed by atoms with Gasteiger partial charge >= 0.3 is 5.97 Å². The van der Waals surface area contributed by atoms with E-state index in [2.05, 4.69) is 31.3 Å². The molecule has 0 atom stereocenters. The molecule has 0 radical (unpaired) electrons. The van der Waals surface area contributed by atoms with E-state index in [0.29, 0.717) is 28.2 Å². The maximum atomic E-state index is 12.3. The van der Waals surface area contributed by atoms with Crippen molar-refractivity contribution in [2.24, 2.45) is 5.10 Å². The van der Waals surface area contributed by atoms with Gasteiger partial charge in [0.1, 0.15) is 0 Å². The van der Waals surface area contributed by atoms with E-state index in [4.69, 9.17) is 9.47 Å². The first-order valence-corrected chi connectivity index (χ1v) is 10.2. The van der Waals surface area contributed by atoms with E-state index in [0.717, 1.165) is 5.56 Å². The van der Waals surface area contributed by atoms with Crippen LogP contribution in [-0.4, -0.2) is 25.2 Å². The molecule has 3 aromatic rings. The molecule has 6 heteroatoms. The van der Waals surface area contributed by atoms with Crippen molar-refractivity contribution in [3.8, 4) is 11.5 Å². The van der Waals surface area contributed by atoms with E-state index in [1.54, 1.807) is 54.6 Å². The molecule has 32 heavy (non-hydrogen) atoms. The molecule has 0 aliphatic carbocycles. The Bertz CT molecular complexity index is 1110. The number of rotatable bonds is 6. The quantitative estimate of drug-likeness (QED) is 0.259. The number of amides is 1. The van der Waals surface area contributed by atoms with Crippen molar-refractivity contribution >= 4 is 18.1 Å². The summed E-state index contributed by atoms with van der Waals surface area (Å²) in [7, 11) is 1.49. The summed E-state index contributed by atoms with van der Waals surface area (Å²) in [4.78, 5) is 24.6. The minimum Gasteiger partial charge on any atom is -0.493 e. The number of carbonyl (C=O) groups excluding carboxylic acids is 2. The van der Waals surface area contributed by atoms with Gasteiger partial charge in [-0.1, -0.05) is 51.1 Å². The number of hydrazone groups is 1. The van der Waals surface area contributed by atoms with Crippen LogP contribution in [0.1, 0.15) is 52.6 Å². The van der Waals surface area contributed by atoms with Crippen molar-refractivity contribution in [3.63, 3.8) is 0 Å². The lowest BCUT2D eigenvalue weighted by atomic mass is 9.87. The molecule has 3 rings (SSSR count). The Labute approximate surface area is 187 Å². The SMILES string of the molecule is COc1cc(/C=N\NC(=O)c2ccc(C(C)(C)C)cc2)ccc1OC(=O)c1ccccc1. The van der Waals surface area contributed by atoms with Crippen LogP contribution in [0.4, 0.5) is 0 Å². The topological polar surface area (TPSA) is 77.0 Å². The third kappa shape index (κ3) is 5.82. The largest absolute Gasteiger partial charge is 0.493 e. The summed E-state index contributed by atoms with van der Waals surface area (Å²) in [6.45, 7) is 6.36. The highest BCUT2D eigenvalue weighted by atomic mass is 16.6. The molecule has 0 saturated heterocycles. The summed E-state index contributed by atoms with van der Waals surface area (Å²) in [5, 5.41) is 4.01. The lowest BCUT2D eigenvalue weighted by molar-refractivity contribution is 0.0729.